The predicted octanol–water partition coefficient (Wildman–Crippen LogP) is 4.17. The van der Waals surface area contributed by atoms with E-state index in [-0.39, 0.29) is 24.5 Å². The van der Waals surface area contributed by atoms with Crippen LogP contribution in [0.3, 0.4) is 0 Å². The summed E-state index contributed by atoms with van der Waals surface area (Å²) in [4.78, 5) is 14.4. The molecule has 0 radical (unpaired) electrons. The molecule has 0 fully saturated rings. The van der Waals surface area contributed by atoms with Crippen LogP contribution in [0.15, 0.2) is 36.5 Å². The molecule has 3 heterocycles. The SMILES string of the molecule is Cc1ccc(C2CC(C(F)(F)F)n3nc(C(=O)N(C)Cc4cnn(C)c4C)cc3N2)cc1. The number of hydrogen-bond acceptors (Lipinski definition) is 4. The smallest absolute Gasteiger partial charge is 0.363 e. The van der Waals surface area contributed by atoms with Crippen molar-refractivity contribution in [1.82, 2.24) is 24.5 Å². The molecule has 0 saturated heterocycles. The fourth-order valence-electron chi connectivity index (χ4n) is 3.92. The van der Waals surface area contributed by atoms with Crippen LogP contribution in [0.25, 0.3) is 0 Å². The van der Waals surface area contributed by atoms with E-state index in [1.807, 2.05) is 38.1 Å². The van der Waals surface area contributed by atoms with Gasteiger partial charge in [0.15, 0.2) is 11.7 Å². The quantitative estimate of drug-likeness (QED) is 0.653. The number of rotatable bonds is 4. The van der Waals surface area contributed by atoms with Gasteiger partial charge in [-0.1, -0.05) is 29.8 Å². The summed E-state index contributed by atoms with van der Waals surface area (Å²) in [6, 6.07) is 6.42. The predicted molar refractivity (Wildman–Crippen MR) is 113 cm³/mol. The first kappa shape index (κ1) is 21.9. The van der Waals surface area contributed by atoms with E-state index >= 15 is 0 Å². The van der Waals surface area contributed by atoms with Crippen LogP contribution < -0.4 is 5.32 Å². The molecule has 1 aromatic carbocycles. The van der Waals surface area contributed by atoms with Gasteiger partial charge in [0.05, 0.1) is 12.2 Å². The number of aryl methyl sites for hydroxylation is 2. The number of hydrogen-bond donors (Lipinski definition) is 1. The van der Waals surface area contributed by atoms with E-state index in [2.05, 4.69) is 15.5 Å². The number of nitrogens with zero attached hydrogens (tertiary/aromatic N) is 5. The van der Waals surface area contributed by atoms with Crippen molar-refractivity contribution in [3.8, 4) is 0 Å². The molecule has 0 bridgehead atoms. The molecule has 170 valence electrons. The lowest BCUT2D eigenvalue weighted by Gasteiger charge is -2.33. The zero-order chi connectivity index (χ0) is 23.2. The summed E-state index contributed by atoms with van der Waals surface area (Å²) in [6.07, 6.45) is -3.03. The van der Waals surface area contributed by atoms with Gasteiger partial charge < -0.3 is 10.2 Å². The number of benzene rings is 1. The summed E-state index contributed by atoms with van der Waals surface area (Å²) in [5, 5.41) is 11.3. The number of anilines is 1. The maximum absolute atomic E-state index is 13.9. The molecule has 2 atom stereocenters. The highest BCUT2D eigenvalue weighted by Crippen LogP contribution is 2.43. The van der Waals surface area contributed by atoms with Crippen LogP contribution in [0, 0.1) is 13.8 Å². The van der Waals surface area contributed by atoms with Crippen molar-refractivity contribution in [2.45, 2.75) is 45.1 Å². The van der Waals surface area contributed by atoms with Gasteiger partial charge in [0.25, 0.3) is 5.91 Å². The lowest BCUT2D eigenvalue weighted by atomic mass is 9.96. The van der Waals surface area contributed by atoms with Crippen molar-refractivity contribution in [2.24, 2.45) is 7.05 Å². The molecular weight excluding hydrogens is 421 g/mol. The molecule has 1 amide bonds. The standard InChI is InChI=1S/C22H25F3N6O/c1-13-5-7-15(8-6-13)17-9-19(22(23,24)25)31-20(27-17)10-18(28-31)21(32)29(3)12-16-11-26-30(4)14(16)2/h5-8,10-11,17,19,27H,9,12H2,1-4H3. The molecular formula is C22H25F3N6O. The minimum absolute atomic E-state index is 0.0321. The number of amides is 1. The molecule has 7 nitrogen and oxygen atoms in total. The number of carbonyl (C=O) groups excluding carboxylic acids is 1. The van der Waals surface area contributed by atoms with E-state index in [9.17, 15) is 18.0 Å². The zero-order valence-electron chi connectivity index (χ0n) is 18.3. The number of nitrogens with one attached hydrogen (secondary N) is 1. The summed E-state index contributed by atoms with van der Waals surface area (Å²) in [7, 11) is 3.40. The first-order valence-electron chi connectivity index (χ1n) is 10.3. The monoisotopic (exact) mass is 446 g/mol. The molecule has 0 spiro atoms. The highest BCUT2D eigenvalue weighted by molar-refractivity contribution is 5.93. The summed E-state index contributed by atoms with van der Waals surface area (Å²) in [5.41, 5.74) is 3.53. The maximum Gasteiger partial charge on any atom is 0.410 e. The van der Waals surface area contributed by atoms with Crippen LogP contribution >= 0.6 is 0 Å². The van der Waals surface area contributed by atoms with E-state index in [1.54, 1.807) is 25.0 Å². The van der Waals surface area contributed by atoms with Crippen LogP contribution in [0.2, 0.25) is 0 Å². The van der Waals surface area contributed by atoms with Gasteiger partial charge in [0.2, 0.25) is 0 Å². The summed E-state index contributed by atoms with van der Waals surface area (Å²) in [5.74, 6) is -0.275. The Balaban J connectivity index is 1.61. The molecule has 0 aliphatic carbocycles. The Morgan fingerprint density at radius 3 is 2.53 bits per heavy atom. The van der Waals surface area contributed by atoms with Crippen LogP contribution in [-0.2, 0) is 13.6 Å². The van der Waals surface area contributed by atoms with Crippen molar-refractivity contribution in [3.63, 3.8) is 0 Å². The highest BCUT2D eigenvalue weighted by Gasteiger charge is 2.46. The first-order chi connectivity index (χ1) is 15.0. The second-order valence-corrected chi connectivity index (χ2v) is 8.30. The fourth-order valence-corrected chi connectivity index (χ4v) is 3.92. The van der Waals surface area contributed by atoms with E-state index < -0.39 is 24.2 Å². The third kappa shape index (κ3) is 4.09. The highest BCUT2D eigenvalue weighted by atomic mass is 19.4. The Hall–Kier alpha value is -3.30. The van der Waals surface area contributed by atoms with E-state index in [0.717, 1.165) is 27.1 Å². The largest absolute Gasteiger partial charge is 0.410 e. The number of carbonyl (C=O) groups is 1. The van der Waals surface area contributed by atoms with Crippen molar-refractivity contribution < 1.29 is 18.0 Å². The Bertz CT molecular complexity index is 1130. The molecule has 10 heteroatoms. The molecule has 4 rings (SSSR count). The van der Waals surface area contributed by atoms with Gasteiger partial charge in [0.1, 0.15) is 5.82 Å². The number of fused-ring (bicyclic) bond motifs is 1. The van der Waals surface area contributed by atoms with Gasteiger partial charge in [-0.3, -0.25) is 9.48 Å². The molecule has 1 aliphatic heterocycles. The van der Waals surface area contributed by atoms with Gasteiger partial charge >= 0.3 is 6.18 Å². The van der Waals surface area contributed by atoms with Gasteiger partial charge in [-0.25, -0.2) is 4.68 Å². The van der Waals surface area contributed by atoms with Crippen molar-refractivity contribution >= 4 is 11.7 Å². The maximum atomic E-state index is 13.9. The molecule has 2 unspecified atom stereocenters. The fraction of sp³-hybridized carbons (Fsp3) is 0.409. The zero-order valence-corrected chi connectivity index (χ0v) is 18.3. The third-order valence-electron chi connectivity index (χ3n) is 5.98. The van der Waals surface area contributed by atoms with Gasteiger partial charge in [-0.05, 0) is 19.4 Å². The average Bonchev–Trinajstić information content (AvgIpc) is 3.30. The minimum Gasteiger partial charge on any atom is -0.363 e. The van der Waals surface area contributed by atoms with Gasteiger partial charge in [-0.15, -0.1) is 0 Å². The summed E-state index contributed by atoms with van der Waals surface area (Å²) in [6.45, 7) is 4.09. The van der Waals surface area contributed by atoms with Crippen LogP contribution in [0.4, 0.5) is 19.0 Å². The average molecular weight is 446 g/mol. The second kappa shape index (κ2) is 7.99. The second-order valence-electron chi connectivity index (χ2n) is 8.30. The Morgan fingerprint density at radius 1 is 1.25 bits per heavy atom. The van der Waals surface area contributed by atoms with Gasteiger partial charge in [0, 0.05) is 44.4 Å². The van der Waals surface area contributed by atoms with E-state index in [4.69, 9.17) is 0 Å². The Labute approximate surface area is 183 Å². The molecule has 32 heavy (non-hydrogen) atoms. The summed E-state index contributed by atoms with van der Waals surface area (Å²) < 4.78 is 44.2. The first-order valence-corrected chi connectivity index (χ1v) is 10.3. The van der Waals surface area contributed by atoms with Crippen LogP contribution in [0.1, 0.15) is 51.4 Å². The van der Waals surface area contributed by atoms with Crippen LogP contribution in [-0.4, -0.2) is 43.6 Å². The Morgan fingerprint density at radius 2 is 1.94 bits per heavy atom. The number of halogens is 3. The van der Waals surface area contributed by atoms with E-state index in [1.165, 1.54) is 11.0 Å². The Kier molecular flexibility index (Phi) is 5.47. The molecule has 0 saturated carbocycles. The number of alkyl halides is 3. The molecule has 1 aliphatic rings. The molecule has 3 aromatic rings. The lowest BCUT2D eigenvalue weighted by molar-refractivity contribution is -0.173. The van der Waals surface area contributed by atoms with Crippen molar-refractivity contribution in [1.29, 1.82) is 0 Å². The third-order valence-corrected chi connectivity index (χ3v) is 5.98. The molecule has 2 aromatic heterocycles. The topological polar surface area (TPSA) is 68.0 Å². The van der Waals surface area contributed by atoms with Crippen LogP contribution in [0.5, 0.6) is 0 Å². The minimum atomic E-state index is -4.50. The molecule has 1 N–H and O–H groups in total. The summed E-state index contributed by atoms with van der Waals surface area (Å²) >= 11 is 0. The van der Waals surface area contributed by atoms with Gasteiger partial charge in [-0.2, -0.15) is 23.4 Å². The van der Waals surface area contributed by atoms with Crippen molar-refractivity contribution in [2.75, 3.05) is 12.4 Å². The van der Waals surface area contributed by atoms with Crippen molar-refractivity contribution in [3.05, 3.63) is 64.6 Å². The van der Waals surface area contributed by atoms with E-state index in [0.29, 0.717) is 0 Å². The number of aromatic nitrogens is 4. The normalized spacial score (nSPS) is 18.2. The lowest BCUT2D eigenvalue weighted by Crippen LogP contribution is -2.35.